The number of carbonyl (C=O) groups is 4. The van der Waals surface area contributed by atoms with Crippen molar-refractivity contribution in [2.24, 2.45) is 5.41 Å². The second-order valence-electron chi connectivity index (χ2n) is 11.3. The van der Waals surface area contributed by atoms with E-state index in [2.05, 4.69) is 5.32 Å². The van der Waals surface area contributed by atoms with Crippen LogP contribution < -0.4 is 10.2 Å². The number of ketones is 1. The largest absolute Gasteiger partial charge is 0.460 e. The van der Waals surface area contributed by atoms with Gasteiger partial charge in [0.05, 0.1) is 29.6 Å². The predicted octanol–water partition coefficient (Wildman–Crippen LogP) is 5.13. The molecule has 10 heteroatoms. The minimum atomic E-state index is -4.57. The van der Waals surface area contributed by atoms with Gasteiger partial charge in [-0.2, -0.15) is 13.2 Å². The number of nitrogens with zero attached hydrogens (tertiary/aromatic N) is 1. The van der Waals surface area contributed by atoms with Gasteiger partial charge in [0.25, 0.3) is 0 Å². The summed E-state index contributed by atoms with van der Waals surface area (Å²) < 4.78 is 45.7. The molecule has 1 fully saturated rings. The zero-order valence-corrected chi connectivity index (χ0v) is 22.3. The normalized spacial score (nSPS) is 18.7. The molecule has 4 rings (SSSR count). The molecular weight excluding hydrogens is 513 g/mol. The van der Waals surface area contributed by atoms with Gasteiger partial charge in [0.2, 0.25) is 11.8 Å². The molecule has 1 heterocycles. The number of para-hydroxylation sites is 1. The van der Waals surface area contributed by atoms with Gasteiger partial charge >= 0.3 is 12.1 Å². The molecule has 1 N–H and O–H groups in total. The quantitative estimate of drug-likeness (QED) is 0.509. The van der Waals surface area contributed by atoms with Crippen molar-refractivity contribution in [1.29, 1.82) is 0 Å². The summed E-state index contributed by atoms with van der Waals surface area (Å²) in [5.41, 5.74) is -1.49. The van der Waals surface area contributed by atoms with Crippen molar-refractivity contribution >= 4 is 29.3 Å². The van der Waals surface area contributed by atoms with Crippen molar-refractivity contribution in [2.75, 3.05) is 4.90 Å². The Hall–Kier alpha value is -3.69. The number of fused-ring (bicyclic) bond motifs is 1. The van der Waals surface area contributed by atoms with Gasteiger partial charge in [0.15, 0.2) is 5.78 Å². The minimum Gasteiger partial charge on any atom is -0.460 e. The van der Waals surface area contributed by atoms with Crippen molar-refractivity contribution in [3.05, 3.63) is 64.7 Å². The molecule has 0 saturated heterocycles. The number of benzene rings is 2. The first-order valence-electron chi connectivity index (χ1n) is 12.7. The summed E-state index contributed by atoms with van der Waals surface area (Å²) in [7, 11) is 0. The molecule has 0 radical (unpaired) electrons. The summed E-state index contributed by atoms with van der Waals surface area (Å²) in [5, 5.41) is 2.67. The lowest BCUT2D eigenvalue weighted by molar-refractivity contribution is -0.158. The number of aryl methyl sites for hydroxylation is 1. The van der Waals surface area contributed by atoms with Crippen LogP contribution in [0.2, 0.25) is 0 Å². The molecule has 2 aromatic rings. The van der Waals surface area contributed by atoms with Crippen molar-refractivity contribution in [2.45, 2.75) is 77.7 Å². The number of halogens is 3. The zero-order chi connectivity index (χ0) is 28.8. The number of anilines is 1. The molecular formula is C29H31F3N2O5. The van der Waals surface area contributed by atoms with Crippen LogP contribution in [-0.4, -0.2) is 35.2 Å². The van der Waals surface area contributed by atoms with E-state index in [9.17, 15) is 32.3 Å². The fraction of sp³-hybridized carbons (Fsp3) is 0.448. The Bertz CT molecular complexity index is 1320. The molecule has 1 atom stereocenters. The van der Waals surface area contributed by atoms with E-state index < -0.39 is 46.6 Å². The van der Waals surface area contributed by atoms with Gasteiger partial charge in [-0.15, -0.1) is 0 Å². The lowest BCUT2D eigenvalue weighted by Crippen LogP contribution is -2.50. The maximum absolute atomic E-state index is 13.8. The van der Waals surface area contributed by atoms with E-state index >= 15 is 0 Å². The zero-order valence-electron chi connectivity index (χ0n) is 22.3. The Morgan fingerprint density at radius 2 is 1.74 bits per heavy atom. The van der Waals surface area contributed by atoms with Gasteiger partial charge in [0.1, 0.15) is 11.6 Å². The van der Waals surface area contributed by atoms with Gasteiger partial charge in [-0.3, -0.25) is 19.2 Å². The summed E-state index contributed by atoms with van der Waals surface area (Å²) in [4.78, 5) is 53.8. The number of ether oxygens (including phenoxy) is 1. The first kappa shape index (κ1) is 28.3. The number of carbonyl (C=O) groups excluding carboxylic acids is 4. The number of alkyl halides is 3. The van der Waals surface area contributed by atoms with Crippen LogP contribution in [0.3, 0.4) is 0 Å². The van der Waals surface area contributed by atoms with Crippen molar-refractivity contribution in [3.8, 4) is 0 Å². The SMILES string of the molecule is Cc1cc(CN2C(=O)[C@H](NC(=O)C3(CC(=O)OC(C)(C)C)CC3)CC(=O)c3ccccc32)cc(C(F)(F)F)c1. The highest BCUT2D eigenvalue weighted by molar-refractivity contribution is 6.13. The van der Waals surface area contributed by atoms with Gasteiger partial charge in [-0.1, -0.05) is 23.8 Å². The molecule has 1 saturated carbocycles. The van der Waals surface area contributed by atoms with Crippen molar-refractivity contribution in [3.63, 3.8) is 0 Å². The average molecular weight is 545 g/mol. The Morgan fingerprint density at radius 3 is 2.36 bits per heavy atom. The van der Waals surface area contributed by atoms with E-state index in [0.717, 1.165) is 12.1 Å². The summed E-state index contributed by atoms with van der Waals surface area (Å²) >= 11 is 0. The van der Waals surface area contributed by atoms with Gasteiger partial charge in [-0.25, -0.2) is 0 Å². The van der Waals surface area contributed by atoms with Crippen LogP contribution in [-0.2, 0) is 31.8 Å². The third kappa shape index (κ3) is 6.49. The summed E-state index contributed by atoms with van der Waals surface area (Å²) in [6, 6.07) is 8.66. The van der Waals surface area contributed by atoms with E-state index in [-0.39, 0.29) is 42.0 Å². The molecule has 39 heavy (non-hydrogen) atoms. The van der Waals surface area contributed by atoms with Crippen LogP contribution in [0.15, 0.2) is 42.5 Å². The molecule has 208 valence electrons. The number of amides is 2. The molecule has 7 nitrogen and oxygen atoms in total. The molecule has 0 spiro atoms. The average Bonchev–Trinajstić information content (AvgIpc) is 3.60. The number of nitrogens with one attached hydrogen (secondary N) is 1. The number of hydrogen-bond acceptors (Lipinski definition) is 5. The van der Waals surface area contributed by atoms with Gasteiger partial charge in [-0.05, 0) is 70.4 Å². The monoisotopic (exact) mass is 544 g/mol. The van der Waals surface area contributed by atoms with E-state index in [0.29, 0.717) is 18.4 Å². The fourth-order valence-electron chi connectivity index (χ4n) is 4.81. The number of rotatable bonds is 6. The van der Waals surface area contributed by atoms with Gasteiger partial charge < -0.3 is 15.0 Å². The van der Waals surface area contributed by atoms with Crippen LogP contribution >= 0.6 is 0 Å². The molecule has 2 amide bonds. The van der Waals surface area contributed by atoms with Crippen molar-refractivity contribution < 1.29 is 37.1 Å². The molecule has 2 aromatic carbocycles. The van der Waals surface area contributed by atoms with Crippen LogP contribution in [0.5, 0.6) is 0 Å². The maximum Gasteiger partial charge on any atom is 0.416 e. The molecule has 0 bridgehead atoms. The van der Waals surface area contributed by atoms with E-state index in [1.54, 1.807) is 51.1 Å². The van der Waals surface area contributed by atoms with Crippen molar-refractivity contribution in [1.82, 2.24) is 5.32 Å². The van der Waals surface area contributed by atoms with Crippen LogP contribution in [0.4, 0.5) is 18.9 Å². The summed E-state index contributed by atoms with van der Waals surface area (Å²) in [6.07, 6.45) is -4.18. The van der Waals surface area contributed by atoms with E-state index in [1.807, 2.05) is 0 Å². The Labute approximate surface area is 224 Å². The first-order chi connectivity index (χ1) is 18.1. The summed E-state index contributed by atoms with van der Waals surface area (Å²) in [6.45, 7) is 6.46. The third-order valence-corrected chi connectivity index (χ3v) is 6.80. The van der Waals surface area contributed by atoms with Crippen LogP contribution in [0.25, 0.3) is 0 Å². The Kier molecular flexibility index (Phi) is 7.35. The lowest BCUT2D eigenvalue weighted by Gasteiger charge is -2.27. The smallest absolute Gasteiger partial charge is 0.416 e. The lowest BCUT2D eigenvalue weighted by atomic mass is 9.99. The van der Waals surface area contributed by atoms with Crippen LogP contribution in [0.1, 0.15) is 73.5 Å². The topological polar surface area (TPSA) is 92.8 Å². The second-order valence-corrected chi connectivity index (χ2v) is 11.3. The maximum atomic E-state index is 13.8. The Morgan fingerprint density at radius 1 is 1.08 bits per heavy atom. The highest BCUT2D eigenvalue weighted by Gasteiger charge is 2.53. The van der Waals surface area contributed by atoms with E-state index in [1.165, 1.54) is 11.8 Å². The van der Waals surface area contributed by atoms with Gasteiger partial charge in [0, 0.05) is 12.0 Å². The summed E-state index contributed by atoms with van der Waals surface area (Å²) in [5.74, 6) is -2.07. The highest BCUT2D eigenvalue weighted by atomic mass is 19.4. The van der Waals surface area contributed by atoms with E-state index in [4.69, 9.17) is 4.74 Å². The number of hydrogen-bond donors (Lipinski definition) is 1. The number of Topliss-reactive ketones (excluding diaryl/α,β-unsaturated/α-hetero) is 1. The molecule has 2 aliphatic rings. The molecule has 0 unspecified atom stereocenters. The predicted molar refractivity (Wildman–Crippen MR) is 137 cm³/mol. The molecule has 1 aliphatic carbocycles. The fourth-order valence-corrected chi connectivity index (χ4v) is 4.81. The number of esters is 1. The molecule has 0 aromatic heterocycles. The highest BCUT2D eigenvalue weighted by Crippen LogP contribution is 2.49. The Balaban J connectivity index is 1.61. The standard InChI is InChI=1S/C29H31F3N2O5/c1-17-11-18(13-19(12-17)29(30,31)32)16-34-22-8-6-5-7-20(22)23(35)14-21(25(34)37)33-26(38)28(9-10-28)15-24(36)39-27(2,3)4/h5-8,11-13,21H,9-10,14-16H2,1-4H3,(H,33,38)/t21-/m1/s1. The minimum absolute atomic E-state index is 0.154. The molecule has 1 aliphatic heterocycles. The van der Waals surface area contributed by atoms with Crippen LogP contribution in [0, 0.1) is 12.3 Å². The second kappa shape index (κ2) is 10.1. The third-order valence-electron chi connectivity index (χ3n) is 6.80. The first-order valence-corrected chi connectivity index (χ1v) is 12.7.